The average Bonchev–Trinajstić information content (AvgIpc) is 2.38. The van der Waals surface area contributed by atoms with Crippen molar-refractivity contribution >= 4 is 15.8 Å². The first-order chi connectivity index (χ1) is 8.55. The Labute approximate surface area is 107 Å². The molecule has 0 fully saturated rings. The summed E-state index contributed by atoms with van der Waals surface area (Å²) in [6.45, 7) is 2.18. The van der Waals surface area contributed by atoms with Crippen molar-refractivity contribution in [1.82, 2.24) is 9.71 Å². The highest BCUT2D eigenvalue weighted by Crippen LogP contribution is 2.17. The number of anilines is 1. The number of hydrogen-bond acceptors (Lipinski definition) is 6. The summed E-state index contributed by atoms with van der Waals surface area (Å²) in [5.41, 5.74) is 2.26. The van der Waals surface area contributed by atoms with Crippen LogP contribution in [0.2, 0.25) is 0 Å². The molecule has 0 amide bonds. The van der Waals surface area contributed by atoms with Crippen molar-refractivity contribution < 1.29 is 13.2 Å². The van der Waals surface area contributed by atoms with E-state index in [2.05, 4.69) is 15.1 Å². The van der Waals surface area contributed by atoms with Crippen molar-refractivity contribution in [2.75, 3.05) is 19.1 Å². The summed E-state index contributed by atoms with van der Waals surface area (Å²) in [7, 11) is -2.15. The smallest absolute Gasteiger partial charge is 0.244 e. The molecule has 0 aliphatic heterocycles. The Morgan fingerprint density at radius 2 is 2.28 bits per heavy atom. The summed E-state index contributed by atoms with van der Waals surface area (Å²) in [6, 6.07) is 2.68. The van der Waals surface area contributed by atoms with Crippen LogP contribution >= 0.6 is 0 Å². The van der Waals surface area contributed by atoms with Crippen LogP contribution in [-0.2, 0) is 14.8 Å². The largest absolute Gasteiger partial charge is 0.383 e. The molecule has 18 heavy (non-hydrogen) atoms. The van der Waals surface area contributed by atoms with E-state index in [0.717, 1.165) is 0 Å². The molecule has 1 unspecified atom stereocenters. The number of sulfonamides is 1. The molecule has 0 aliphatic carbocycles. The van der Waals surface area contributed by atoms with E-state index < -0.39 is 10.0 Å². The number of nitrogens with one attached hydrogen (secondary N) is 2. The van der Waals surface area contributed by atoms with Crippen LogP contribution < -0.4 is 16.0 Å². The predicted octanol–water partition coefficient (Wildman–Crippen LogP) is 0.0705. The van der Waals surface area contributed by atoms with Crippen molar-refractivity contribution in [3.05, 3.63) is 18.3 Å². The minimum atomic E-state index is -3.67. The van der Waals surface area contributed by atoms with Gasteiger partial charge in [-0.25, -0.2) is 24.0 Å². The van der Waals surface area contributed by atoms with Crippen LogP contribution in [0.5, 0.6) is 0 Å². The second kappa shape index (κ2) is 6.64. The number of hydrogen-bond donors (Lipinski definition) is 3. The van der Waals surface area contributed by atoms with Crippen molar-refractivity contribution in [3.8, 4) is 0 Å². The number of aromatic nitrogens is 1. The molecule has 1 rings (SSSR count). The fourth-order valence-corrected chi connectivity index (χ4v) is 2.86. The molecule has 0 radical (unpaired) electrons. The van der Waals surface area contributed by atoms with E-state index in [4.69, 9.17) is 10.6 Å². The molecule has 8 heteroatoms. The molecule has 4 N–H and O–H groups in total. The zero-order valence-corrected chi connectivity index (χ0v) is 11.2. The minimum absolute atomic E-state index is 0.0158. The number of ether oxygens (including phenoxy) is 1. The number of rotatable bonds is 7. The maximum atomic E-state index is 12.2. The van der Waals surface area contributed by atoms with Gasteiger partial charge in [0.25, 0.3) is 0 Å². The lowest BCUT2D eigenvalue weighted by molar-refractivity contribution is 0.173. The predicted molar refractivity (Wildman–Crippen MR) is 68.3 cm³/mol. The van der Waals surface area contributed by atoms with E-state index in [0.29, 0.717) is 13.0 Å². The van der Waals surface area contributed by atoms with E-state index >= 15 is 0 Å². The molecular weight excluding hydrogens is 256 g/mol. The molecule has 0 saturated carbocycles. The van der Waals surface area contributed by atoms with Crippen molar-refractivity contribution in [2.24, 2.45) is 5.84 Å². The lowest BCUT2D eigenvalue weighted by atomic mass is 10.3. The molecule has 0 bridgehead atoms. The van der Waals surface area contributed by atoms with Crippen LogP contribution in [0.1, 0.15) is 13.3 Å². The first-order valence-corrected chi connectivity index (χ1v) is 6.96. The van der Waals surface area contributed by atoms with Gasteiger partial charge in [0, 0.05) is 19.3 Å². The first-order valence-electron chi connectivity index (χ1n) is 5.48. The van der Waals surface area contributed by atoms with Crippen LogP contribution in [0.3, 0.4) is 0 Å². The summed E-state index contributed by atoms with van der Waals surface area (Å²) in [5.74, 6) is 5.35. The van der Waals surface area contributed by atoms with Gasteiger partial charge in [0.1, 0.15) is 4.90 Å². The van der Waals surface area contributed by atoms with Gasteiger partial charge in [-0.05, 0) is 18.6 Å². The second-order valence-electron chi connectivity index (χ2n) is 3.68. The van der Waals surface area contributed by atoms with E-state index in [9.17, 15) is 8.42 Å². The van der Waals surface area contributed by atoms with Crippen LogP contribution in [0.4, 0.5) is 5.82 Å². The highest BCUT2D eigenvalue weighted by molar-refractivity contribution is 7.89. The fourth-order valence-electron chi connectivity index (χ4n) is 1.44. The summed E-state index contributed by atoms with van der Waals surface area (Å²) in [4.78, 5) is 3.87. The maximum Gasteiger partial charge on any atom is 0.244 e. The Morgan fingerprint density at radius 1 is 1.56 bits per heavy atom. The van der Waals surface area contributed by atoms with Gasteiger partial charge in [0.2, 0.25) is 10.0 Å². The van der Waals surface area contributed by atoms with Gasteiger partial charge in [-0.2, -0.15) is 0 Å². The molecule has 0 spiro atoms. The van der Waals surface area contributed by atoms with Crippen LogP contribution in [-0.4, -0.2) is 33.2 Å². The van der Waals surface area contributed by atoms with Crippen molar-refractivity contribution in [1.29, 1.82) is 0 Å². The topological polar surface area (TPSA) is 106 Å². The Kier molecular flexibility index (Phi) is 5.48. The SMILES string of the molecule is CCC(COC)NS(=O)(=O)c1cccnc1NN. The lowest BCUT2D eigenvalue weighted by Gasteiger charge is -2.17. The third kappa shape index (κ3) is 3.64. The number of nitrogens with zero attached hydrogens (tertiary/aromatic N) is 1. The Bertz CT molecular complexity index is 478. The molecule has 7 nitrogen and oxygen atoms in total. The Balaban J connectivity index is 2.98. The summed E-state index contributed by atoms with van der Waals surface area (Å²) < 4.78 is 31.8. The van der Waals surface area contributed by atoms with E-state index in [-0.39, 0.29) is 16.8 Å². The number of methoxy groups -OCH3 is 1. The normalized spacial score (nSPS) is 13.3. The highest BCUT2D eigenvalue weighted by Gasteiger charge is 2.22. The molecule has 0 saturated heterocycles. The van der Waals surface area contributed by atoms with Gasteiger partial charge in [0.15, 0.2) is 5.82 Å². The second-order valence-corrected chi connectivity index (χ2v) is 5.36. The van der Waals surface area contributed by atoms with Gasteiger partial charge >= 0.3 is 0 Å². The molecule has 1 heterocycles. The minimum Gasteiger partial charge on any atom is -0.383 e. The third-order valence-electron chi connectivity index (χ3n) is 2.38. The third-order valence-corrected chi connectivity index (χ3v) is 3.93. The Morgan fingerprint density at radius 3 is 2.83 bits per heavy atom. The first kappa shape index (κ1) is 14.8. The molecule has 1 atom stereocenters. The standard InChI is InChI=1S/C10H18N4O3S/c1-3-8(7-17-2)14-18(15,16)9-5-4-6-12-10(9)13-11/h4-6,8,14H,3,7,11H2,1-2H3,(H,12,13). The Hall–Kier alpha value is -1.22. The van der Waals surface area contributed by atoms with Gasteiger partial charge in [-0.15, -0.1) is 0 Å². The summed E-state index contributed by atoms with van der Waals surface area (Å²) in [5, 5.41) is 0. The number of pyridine rings is 1. The fraction of sp³-hybridized carbons (Fsp3) is 0.500. The van der Waals surface area contributed by atoms with Gasteiger partial charge in [0.05, 0.1) is 6.61 Å². The van der Waals surface area contributed by atoms with E-state index in [1.54, 1.807) is 0 Å². The lowest BCUT2D eigenvalue weighted by Crippen LogP contribution is -2.38. The molecular formula is C10H18N4O3S. The average molecular weight is 274 g/mol. The van der Waals surface area contributed by atoms with Gasteiger partial charge < -0.3 is 10.2 Å². The van der Waals surface area contributed by atoms with Crippen molar-refractivity contribution in [2.45, 2.75) is 24.3 Å². The van der Waals surface area contributed by atoms with E-state index in [1.807, 2.05) is 6.92 Å². The van der Waals surface area contributed by atoms with Crippen LogP contribution in [0, 0.1) is 0 Å². The molecule has 102 valence electrons. The van der Waals surface area contributed by atoms with Gasteiger partial charge in [-0.3, -0.25) is 0 Å². The van der Waals surface area contributed by atoms with Crippen LogP contribution in [0.15, 0.2) is 23.2 Å². The van der Waals surface area contributed by atoms with Crippen molar-refractivity contribution in [3.63, 3.8) is 0 Å². The molecule has 1 aromatic heterocycles. The zero-order chi connectivity index (χ0) is 13.6. The zero-order valence-electron chi connectivity index (χ0n) is 10.4. The van der Waals surface area contributed by atoms with E-state index in [1.165, 1.54) is 25.4 Å². The maximum absolute atomic E-state index is 12.2. The summed E-state index contributed by atoms with van der Waals surface area (Å²) in [6.07, 6.45) is 2.08. The molecule has 0 aliphatic rings. The summed E-state index contributed by atoms with van der Waals surface area (Å²) >= 11 is 0. The van der Waals surface area contributed by atoms with Gasteiger partial charge in [-0.1, -0.05) is 6.92 Å². The van der Waals surface area contributed by atoms with Crippen LogP contribution in [0.25, 0.3) is 0 Å². The number of nitrogen functional groups attached to an aromatic ring is 1. The monoisotopic (exact) mass is 274 g/mol. The molecule has 0 aromatic carbocycles. The number of nitrogens with two attached hydrogens (primary N) is 1. The quantitative estimate of drug-likeness (QED) is 0.480. The number of hydrazine groups is 1. The molecule has 1 aromatic rings. The highest BCUT2D eigenvalue weighted by atomic mass is 32.2.